The van der Waals surface area contributed by atoms with Gasteiger partial charge in [-0.3, -0.25) is 0 Å². The molecule has 0 spiro atoms. The fraction of sp³-hybridized carbons (Fsp3) is 0.636. The molecule has 1 N–H and O–H groups in total. The van der Waals surface area contributed by atoms with E-state index in [0.717, 1.165) is 23.4 Å². The minimum absolute atomic E-state index is 0.270. The van der Waals surface area contributed by atoms with Crippen molar-refractivity contribution in [3.05, 3.63) is 17.0 Å². The molecule has 1 fully saturated rings. The molecule has 1 saturated heterocycles. The topological polar surface area (TPSA) is 52.5 Å². The number of hydrogen-bond acceptors (Lipinski definition) is 5. The summed E-state index contributed by atoms with van der Waals surface area (Å²) in [6.45, 7) is 1.56. The molecule has 0 saturated carbocycles. The summed E-state index contributed by atoms with van der Waals surface area (Å²) in [6, 6.07) is 2.20. The van der Waals surface area contributed by atoms with Gasteiger partial charge in [-0.05, 0) is 36.4 Å². The molecule has 2 atom stereocenters. The Morgan fingerprint density at radius 3 is 2.94 bits per heavy atom. The lowest BCUT2D eigenvalue weighted by Crippen LogP contribution is -2.38. The Morgan fingerprint density at radius 2 is 2.29 bits per heavy atom. The highest BCUT2D eigenvalue weighted by molar-refractivity contribution is 9.10. The third kappa shape index (κ3) is 3.14. The predicted molar refractivity (Wildman–Crippen MR) is 70.0 cm³/mol. The zero-order valence-corrected chi connectivity index (χ0v) is 11.6. The van der Waals surface area contributed by atoms with E-state index in [4.69, 9.17) is 0 Å². The van der Waals surface area contributed by atoms with E-state index in [1.807, 2.05) is 20.2 Å². The number of β-amino-alcohol motifs (C(OH)–C–C–N with tert-alkyl or cyclic N) is 1. The van der Waals surface area contributed by atoms with Gasteiger partial charge in [-0.15, -0.1) is 0 Å². The van der Waals surface area contributed by atoms with Crippen molar-refractivity contribution >= 4 is 21.7 Å². The standard InChI is InChI=1S/C11H17BrN4O/c1-15(2)5-8-3-9(17)6-16(8)11-4-10(12)13-7-14-11/h4,7-9,17H,3,5-6H2,1-2H3. The first-order chi connectivity index (χ1) is 8.06. The van der Waals surface area contributed by atoms with Crippen LogP contribution in [0.4, 0.5) is 5.82 Å². The molecule has 1 aromatic rings. The molecular formula is C11H17BrN4O. The molecule has 0 radical (unpaired) electrons. The summed E-state index contributed by atoms with van der Waals surface area (Å²) in [4.78, 5) is 12.6. The Morgan fingerprint density at radius 1 is 1.53 bits per heavy atom. The van der Waals surface area contributed by atoms with E-state index in [0.29, 0.717) is 12.6 Å². The average molecular weight is 301 g/mol. The Bertz CT molecular complexity index is 387. The molecule has 6 heteroatoms. The SMILES string of the molecule is CN(C)CC1CC(O)CN1c1cc(Br)ncn1. The maximum Gasteiger partial charge on any atom is 0.133 e. The highest BCUT2D eigenvalue weighted by atomic mass is 79.9. The lowest BCUT2D eigenvalue weighted by atomic mass is 10.2. The van der Waals surface area contributed by atoms with Crippen molar-refractivity contribution in [2.45, 2.75) is 18.6 Å². The van der Waals surface area contributed by atoms with Crippen molar-refractivity contribution in [2.24, 2.45) is 0 Å². The van der Waals surface area contributed by atoms with E-state index >= 15 is 0 Å². The number of aliphatic hydroxyl groups excluding tert-OH is 1. The first kappa shape index (κ1) is 12.7. The van der Waals surface area contributed by atoms with E-state index in [9.17, 15) is 5.11 Å². The molecular weight excluding hydrogens is 284 g/mol. The molecule has 1 aromatic heterocycles. The second kappa shape index (κ2) is 5.29. The van der Waals surface area contributed by atoms with E-state index in [1.165, 1.54) is 6.33 Å². The Hall–Kier alpha value is -0.720. The summed E-state index contributed by atoms with van der Waals surface area (Å²) in [5.74, 6) is 0.871. The summed E-state index contributed by atoms with van der Waals surface area (Å²) in [5, 5.41) is 9.80. The molecule has 2 heterocycles. The van der Waals surface area contributed by atoms with Crippen LogP contribution in [0.3, 0.4) is 0 Å². The van der Waals surface area contributed by atoms with Crippen molar-refractivity contribution in [3.8, 4) is 0 Å². The largest absolute Gasteiger partial charge is 0.391 e. The third-order valence-corrected chi connectivity index (χ3v) is 3.32. The molecule has 0 amide bonds. The number of halogens is 1. The van der Waals surface area contributed by atoms with Crippen LogP contribution in [0.1, 0.15) is 6.42 Å². The average Bonchev–Trinajstić information content (AvgIpc) is 2.58. The molecule has 1 aliphatic rings. The first-order valence-electron chi connectivity index (χ1n) is 5.63. The Labute approximate surface area is 110 Å². The van der Waals surface area contributed by atoms with Crippen LogP contribution in [0.25, 0.3) is 0 Å². The van der Waals surface area contributed by atoms with Crippen LogP contribution >= 0.6 is 15.9 Å². The van der Waals surface area contributed by atoms with Gasteiger partial charge < -0.3 is 14.9 Å². The van der Waals surface area contributed by atoms with Gasteiger partial charge in [-0.25, -0.2) is 9.97 Å². The fourth-order valence-corrected chi connectivity index (χ4v) is 2.54. The van der Waals surface area contributed by atoms with Crippen molar-refractivity contribution in [2.75, 3.05) is 32.1 Å². The molecule has 0 bridgehead atoms. The number of nitrogens with zero attached hydrogens (tertiary/aromatic N) is 4. The lowest BCUT2D eigenvalue weighted by Gasteiger charge is -2.27. The summed E-state index contributed by atoms with van der Waals surface area (Å²) in [7, 11) is 4.08. The number of hydrogen-bond donors (Lipinski definition) is 1. The Balaban J connectivity index is 2.17. The molecule has 94 valence electrons. The molecule has 1 aliphatic heterocycles. The molecule has 0 aliphatic carbocycles. The summed E-state index contributed by atoms with van der Waals surface area (Å²) in [6.07, 6.45) is 2.06. The monoisotopic (exact) mass is 300 g/mol. The van der Waals surface area contributed by atoms with E-state index < -0.39 is 0 Å². The van der Waals surface area contributed by atoms with Gasteiger partial charge in [0.05, 0.1) is 6.10 Å². The molecule has 2 rings (SSSR count). The maximum absolute atomic E-state index is 9.80. The third-order valence-electron chi connectivity index (χ3n) is 2.88. The second-order valence-corrected chi connectivity index (χ2v) is 5.47. The maximum atomic E-state index is 9.80. The zero-order chi connectivity index (χ0) is 12.4. The number of aromatic nitrogens is 2. The number of anilines is 1. The van der Waals surface area contributed by atoms with E-state index in [2.05, 4.69) is 35.7 Å². The highest BCUT2D eigenvalue weighted by Gasteiger charge is 2.32. The van der Waals surface area contributed by atoms with Crippen LogP contribution < -0.4 is 4.90 Å². The van der Waals surface area contributed by atoms with Crippen LogP contribution in [0, 0.1) is 0 Å². The zero-order valence-electron chi connectivity index (χ0n) is 10.0. The number of aliphatic hydroxyl groups is 1. The molecule has 17 heavy (non-hydrogen) atoms. The molecule has 2 unspecified atom stereocenters. The van der Waals surface area contributed by atoms with Gasteiger partial charge in [-0.1, -0.05) is 0 Å². The molecule has 5 nitrogen and oxygen atoms in total. The summed E-state index contributed by atoms with van der Waals surface area (Å²) in [5.41, 5.74) is 0. The van der Waals surface area contributed by atoms with Gasteiger partial charge in [0.25, 0.3) is 0 Å². The van der Waals surface area contributed by atoms with Gasteiger partial charge in [-0.2, -0.15) is 0 Å². The van der Waals surface area contributed by atoms with Crippen LogP contribution in [-0.4, -0.2) is 59.3 Å². The van der Waals surface area contributed by atoms with E-state index in [1.54, 1.807) is 0 Å². The summed E-state index contributed by atoms with van der Waals surface area (Å²) >= 11 is 3.34. The van der Waals surface area contributed by atoms with Crippen molar-refractivity contribution < 1.29 is 5.11 Å². The smallest absolute Gasteiger partial charge is 0.133 e. The van der Waals surface area contributed by atoms with Crippen LogP contribution in [0.5, 0.6) is 0 Å². The number of rotatable bonds is 3. The van der Waals surface area contributed by atoms with Crippen LogP contribution in [0.15, 0.2) is 17.0 Å². The Kier molecular flexibility index (Phi) is 3.96. The molecule has 0 aromatic carbocycles. The minimum Gasteiger partial charge on any atom is -0.391 e. The van der Waals surface area contributed by atoms with Crippen LogP contribution in [-0.2, 0) is 0 Å². The fourth-order valence-electron chi connectivity index (χ4n) is 2.25. The quantitative estimate of drug-likeness (QED) is 0.835. The van der Waals surface area contributed by atoms with Crippen LogP contribution in [0.2, 0.25) is 0 Å². The van der Waals surface area contributed by atoms with Crippen molar-refractivity contribution in [3.63, 3.8) is 0 Å². The normalized spacial score (nSPS) is 24.6. The number of likely N-dealkylation sites (N-methyl/N-ethyl adjacent to an activating group) is 1. The lowest BCUT2D eigenvalue weighted by molar-refractivity contribution is 0.191. The van der Waals surface area contributed by atoms with Gasteiger partial charge in [0, 0.05) is 25.2 Å². The van der Waals surface area contributed by atoms with Gasteiger partial charge in [0.1, 0.15) is 16.7 Å². The minimum atomic E-state index is -0.270. The van der Waals surface area contributed by atoms with E-state index in [-0.39, 0.29) is 6.10 Å². The summed E-state index contributed by atoms with van der Waals surface area (Å²) < 4.78 is 0.771. The first-order valence-corrected chi connectivity index (χ1v) is 6.42. The second-order valence-electron chi connectivity index (χ2n) is 4.66. The van der Waals surface area contributed by atoms with Crippen molar-refractivity contribution in [1.82, 2.24) is 14.9 Å². The highest BCUT2D eigenvalue weighted by Crippen LogP contribution is 2.25. The predicted octanol–water partition coefficient (Wildman–Crippen LogP) is 0.740. The van der Waals surface area contributed by atoms with Gasteiger partial charge in [0.15, 0.2) is 0 Å². The van der Waals surface area contributed by atoms with Gasteiger partial charge in [0.2, 0.25) is 0 Å². The van der Waals surface area contributed by atoms with Gasteiger partial charge >= 0.3 is 0 Å². The van der Waals surface area contributed by atoms with Crippen molar-refractivity contribution in [1.29, 1.82) is 0 Å².